The average Bonchev–Trinajstić information content (AvgIpc) is 2.58. The predicted molar refractivity (Wildman–Crippen MR) is 50.5 cm³/mol. The molecule has 4 nitrogen and oxygen atoms in total. The first-order valence-electron chi connectivity index (χ1n) is 4.54. The first-order valence-corrected chi connectivity index (χ1v) is 4.54. The van der Waals surface area contributed by atoms with E-state index in [0.717, 1.165) is 6.07 Å². The highest BCUT2D eigenvalue weighted by Gasteiger charge is 2.27. The Bertz CT molecular complexity index is 419. The highest BCUT2D eigenvalue weighted by atomic mass is 19.1. The second-order valence-electron chi connectivity index (χ2n) is 3.43. The smallest absolute Gasteiger partial charge is 0.339 e. The summed E-state index contributed by atoms with van der Waals surface area (Å²) in [7, 11) is 0. The molecule has 0 spiro atoms. The molecule has 0 aromatic heterocycles. The molecule has 0 saturated carbocycles. The summed E-state index contributed by atoms with van der Waals surface area (Å²) in [6.07, 6.45) is 0.212. The summed E-state index contributed by atoms with van der Waals surface area (Å²) in [5.74, 6) is -1.50. The first kappa shape index (κ1) is 9.92. The van der Waals surface area contributed by atoms with Gasteiger partial charge in [-0.05, 0) is 12.1 Å². The van der Waals surface area contributed by atoms with E-state index in [2.05, 4.69) is 0 Å². The maximum atomic E-state index is 13.1. The number of hydrogen-bond acceptors (Lipinski definition) is 3. The molecule has 80 valence electrons. The topological polar surface area (TPSA) is 72.6 Å². The van der Waals surface area contributed by atoms with E-state index in [1.165, 1.54) is 6.07 Å². The van der Waals surface area contributed by atoms with Crippen LogP contribution in [0.25, 0.3) is 0 Å². The van der Waals surface area contributed by atoms with Gasteiger partial charge in [0.05, 0.1) is 0 Å². The third-order valence-electron chi connectivity index (χ3n) is 2.36. The summed E-state index contributed by atoms with van der Waals surface area (Å²) in [4.78, 5) is 10.8. The fourth-order valence-electron chi connectivity index (χ4n) is 1.68. The number of hydrogen-bond donors (Lipinski definition) is 2. The maximum Gasteiger partial charge on any atom is 0.339 e. The van der Waals surface area contributed by atoms with Crippen LogP contribution >= 0.6 is 0 Å². The minimum Gasteiger partial charge on any atom is -0.488 e. The zero-order valence-corrected chi connectivity index (χ0v) is 7.87. The van der Waals surface area contributed by atoms with Crippen LogP contribution in [0, 0.1) is 5.82 Å². The minimum absolute atomic E-state index is 0.138. The van der Waals surface area contributed by atoms with Gasteiger partial charge in [-0.1, -0.05) is 0 Å². The number of aromatic carboxylic acids is 1. The van der Waals surface area contributed by atoms with Crippen LogP contribution in [0.2, 0.25) is 0 Å². The van der Waals surface area contributed by atoms with E-state index < -0.39 is 11.8 Å². The second-order valence-corrected chi connectivity index (χ2v) is 3.43. The van der Waals surface area contributed by atoms with Crippen molar-refractivity contribution >= 4 is 5.97 Å². The van der Waals surface area contributed by atoms with Crippen molar-refractivity contribution in [2.24, 2.45) is 5.73 Å². The molecule has 3 N–H and O–H groups in total. The molecule has 0 bridgehead atoms. The van der Waals surface area contributed by atoms with Gasteiger partial charge >= 0.3 is 5.97 Å². The number of carboxylic acid groups (broad SMARTS) is 1. The van der Waals surface area contributed by atoms with E-state index in [4.69, 9.17) is 15.6 Å². The van der Waals surface area contributed by atoms with Gasteiger partial charge in [0.15, 0.2) is 0 Å². The minimum atomic E-state index is -1.19. The largest absolute Gasteiger partial charge is 0.488 e. The molecule has 15 heavy (non-hydrogen) atoms. The molecule has 1 atom stereocenters. The third kappa shape index (κ3) is 1.66. The molecule has 1 heterocycles. The summed E-state index contributed by atoms with van der Waals surface area (Å²) in [6, 6.07) is 2.25. The third-order valence-corrected chi connectivity index (χ3v) is 2.36. The molecule has 0 amide bonds. The van der Waals surface area contributed by atoms with Crippen LogP contribution in [0.4, 0.5) is 4.39 Å². The van der Waals surface area contributed by atoms with E-state index >= 15 is 0 Å². The van der Waals surface area contributed by atoms with Crippen molar-refractivity contribution in [1.29, 1.82) is 0 Å². The van der Waals surface area contributed by atoms with Crippen molar-refractivity contribution in [3.8, 4) is 5.75 Å². The van der Waals surface area contributed by atoms with Gasteiger partial charge in [0, 0.05) is 18.5 Å². The normalized spacial score (nSPS) is 18.4. The Morgan fingerprint density at radius 3 is 3.00 bits per heavy atom. The lowest BCUT2D eigenvalue weighted by Gasteiger charge is -2.08. The molecule has 0 saturated heterocycles. The lowest BCUT2D eigenvalue weighted by atomic mass is 10.1. The van der Waals surface area contributed by atoms with Crippen LogP contribution < -0.4 is 10.5 Å². The van der Waals surface area contributed by atoms with Crippen LogP contribution in [0.1, 0.15) is 15.9 Å². The predicted octanol–water partition coefficient (Wildman–Crippen LogP) is 0.786. The molecule has 0 radical (unpaired) electrons. The van der Waals surface area contributed by atoms with Gasteiger partial charge in [0.25, 0.3) is 0 Å². The Morgan fingerprint density at radius 1 is 1.67 bits per heavy atom. The molecular formula is C10H10FNO3. The van der Waals surface area contributed by atoms with Gasteiger partial charge in [0.2, 0.25) is 0 Å². The van der Waals surface area contributed by atoms with Crippen molar-refractivity contribution in [2.75, 3.05) is 6.54 Å². The molecule has 1 aliphatic rings. The Kier molecular flexibility index (Phi) is 2.32. The SMILES string of the molecule is NC[C@H]1Cc2cc(F)cc(C(=O)O)c2O1. The van der Waals surface area contributed by atoms with E-state index in [0.29, 0.717) is 12.0 Å². The first-order chi connectivity index (χ1) is 7.11. The quantitative estimate of drug-likeness (QED) is 0.758. The van der Waals surface area contributed by atoms with E-state index in [9.17, 15) is 9.18 Å². The summed E-state index contributed by atoms with van der Waals surface area (Å²) < 4.78 is 18.4. The standard InChI is InChI=1S/C10H10FNO3/c11-6-1-5-2-7(4-12)15-9(5)8(3-6)10(13)14/h1,3,7H,2,4,12H2,(H,13,14)/t7-/m1/s1. The van der Waals surface area contributed by atoms with Gasteiger partial charge in [-0.15, -0.1) is 0 Å². The average molecular weight is 211 g/mol. The van der Waals surface area contributed by atoms with Crippen LogP contribution in [-0.4, -0.2) is 23.7 Å². The fraction of sp³-hybridized carbons (Fsp3) is 0.300. The lowest BCUT2D eigenvalue weighted by Crippen LogP contribution is -2.24. The number of rotatable bonds is 2. The van der Waals surface area contributed by atoms with Crippen molar-refractivity contribution in [1.82, 2.24) is 0 Å². The number of fused-ring (bicyclic) bond motifs is 1. The molecule has 5 heteroatoms. The van der Waals surface area contributed by atoms with Crippen LogP contribution in [0.15, 0.2) is 12.1 Å². The number of halogens is 1. The molecule has 0 fully saturated rings. The summed E-state index contributed by atoms with van der Waals surface area (Å²) in [6.45, 7) is 0.287. The van der Waals surface area contributed by atoms with Gasteiger partial charge < -0.3 is 15.6 Å². The molecule has 1 aliphatic heterocycles. The zero-order chi connectivity index (χ0) is 11.0. The molecule has 2 rings (SSSR count). The fourth-order valence-corrected chi connectivity index (χ4v) is 1.68. The number of benzene rings is 1. The number of carbonyl (C=O) groups is 1. The molecule has 1 aromatic carbocycles. The van der Waals surface area contributed by atoms with Crippen LogP contribution in [-0.2, 0) is 6.42 Å². The van der Waals surface area contributed by atoms with Crippen molar-refractivity contribution < 1.29 is 19.0 Å². The van der Waals surface area contributed by atoms with E-state index in [1.807, 2.05) is 0 Å². The lowest BCUT2D eigenvalue weighted by molar-refractivity contribution is 0.0691. The monoisotopic (exact) mass is 211 g/mol. The molecule has 0 unspecified atom stereocenters. The molecule has 1 aromatic rings. The van der Waals surface area contributed by atoms with Gasteiger partial charge in [0.1, 0.15) is 23.2 Å². The van der Waals surface area contributed by atoms with Crippen molar-refractivity contribution in [3.05, 3.63) is 29.1 Å². The summed E-state index contributed by atoms with van der Waals surface area (Å²) in [5, 5.41) is 8.85. The Morgan fingerprint density at radius 2 is 2.40 bits per heavy atom. The number of nitrogens with two attached hydrogens (primary N) is 1. The molecular weight excluding hydrogens is 201 g/mol. The zero-order valence-electron chi connectivity index (χ0n) is 7.87. The molecule has 0 aliphatic carbocycles. The van der Waals surface area contributed by atoms with Crippen LogP contribution in [0.3, 0.4) is 0 Å². The summed E-state index contributed by atoms with van der Waals surface area (Å²) in [5.41, 5.74) is 5.85. The second kappa shape index (κ2) is 3.51. The highest BCUT2D eigenvalue weighted by molar-refractivity contribution is 5.91. The van der Waals surface area contributed by atoms with Gasteiger partial charge in [-0.25, -0.2) is 9.18 Å². The Balaban J connectivity index is 2.48. The number of carboxylic acids is 1. The Hall–Kier alpha value is -1.62. The Labute approximate surface area is 85.5 Å². The van der Waals surface area contributed by atoms with Gasteiger partial charge in [-0.2, -0.15) is 0 Å². The van der Waals surface area contributed by atoms with E-state index in [1.54, 1.807) is 0 Å². The van der Waals surface area contributed by atoms with Crippen molar-refractivity contribution in [3.63, 3.8) is 0 Å². The van der Waals surface area contributed by atoms with Crippen LogP contribution in [0.5, 0.6) is 5.75 Å². The number of ether oxygens (including phenoxy) is 1. The highest BCUT2D eigenvalue weighted by Crippen LogP contribution is 2.33. The van der Waals surface area contributed by atoms with E-state index in [-0.39, 0.29) is 24.0 Å². The maximum absolute atomic E-state index is 13.1. The summed E-state index contributed by atoms with van der Waals surface area (Å²) >= 11 is 0. The van der Waals surface area contributed by atoms with Gasteiger partial charge in [-0.3, -0.25) is 0 Å². The van der Waals surface area contributed by atoms with Crippen molar-refractivity contribution in [2.45, 2.75) is 12.5 Å².